The summed E-state index contributed by atoms with van der Waals surface area (Å²) in [7, 11) is 0. The number of aliphatic hydroxyl groups is 1. The van der Waals surface area contributed by atoms with Crippen molar-refractivity contribution in [2.24, 2.45) is 0 Å². The minimum atomic E-state index is -1.18. The van der Waals surface area contributed by atoms with Gasteiger partial charge in [0.15, 0.2) is 0 Å². The minimum absolute atomic E-state index is 0.0625. The molecule has 0 saturated carbocycles. The van der Waals surface area contributed by atoms with Gasteiger partial charge in [-0.3, -0.25) is 5.32 Å². The second-order valence-corrected chi connectivity index (χ2v) is 7.10. The maximum absolute atomic E-state index is 12.2. The van der Waals surface area contributed by atoms with Crippen LogP contribution in [-0.4, -0.2) is 47.1 Å². The van der Waals surface area contributed by atoms with Crippen LogP contribution in [0.1, 0.15) is 45.1 Å². The smallest absolute Gasteiger partial charge is 0.410 e. The maximum atomic E-state index is 12.2. The molecule has 7 nitrogen and oxygen atoms in total. The Morgan fingerprint density at radius 2 is 1.85 bits per heavy atom. The summed E-state index contributed by atoms with van der Waals surface area (Å²) in [5.41, 5.74) is -0.0614. The van der Waals surface area contributed by atoms with Gasteiger partial charge in [0.2, 0.25) is 0 Å². The third-order valence-corrected chi connectivity index (χ3v) is 4.16. The molecule has 0 aromatic heterocycles. The molecule has 26 heavy (non-hydrogen) atoms. The van der Waals surface area contributed by atoms with Gasteiger partial charge in [0.1, 0.15) is 18.4 Å². The molecule has 2 rings (SSSR count). The number of hydrogen-bond donors (Lipinski definition) is 2. The summed E-state index contributed by atoms with van der Waals surface area (Å²) in [4.78, 5) is 25.6. The highest BCUT2D eigenvalue weighted by Gasteiger charge is 2.30. The highest BCUT2D eigenvalue weighted by Crippen LogP contribution is 2.19. The summed E-state index contributed by atoms with van der Waals surface area (Å²) in [6.45, 7) is 4.92. The first-order valence-electron chi connectivity index (χ1n) is 8.99. The Morgan fingerprint density at radius 3 is 2.50 bits per heavy atom. The summed E-state index contributed by atoms with van der Waals surface area (Å²) >= 11 is 0. The predicted octanol–water partition coefficient (Wildman–Crippen LogP) is 3.02. The van der Waals surface area contributed by atoms with Crippen LogP contribution < -0.4 is 5.32 Å². The molecule has 0 spiro atoms. The van der Waals surface area contributed by atoms with Gasteiger partial charge >= 0.3 is 12.2 Å². The molecular formula is C19H28N2O5. The lowest BCUT2D eigenvalue weighted by atomic mass is 10.0. The van der Waals surface area contributed by atoms with Crippen molar-refractivity contribution in [3.05, 3.63) is 35.9 Å². The van der Waals surface area contributed by atoms with E-state index in [2.05, 4.69) is 5.32 Å². The Bertz CT molecular complexity index is 585. The lowest BCUT2D eigenvalue weighted by Crippen LogP contribution is -2.45. The van der Waals surface area contributed by atoms with E-state index in [0.717, 1.165) is 24.8 Å². The lowest BCUT2D eigenvalue weighted by Gasteiger charge is -2.32. The molecule has 1 fully saturated rings. The van der Waals surface area contributed by atoms with Crippen molar-refractivity contribution in [3.8, 4) is 0 Å². The molecule has 2 N–H and O–H groups in total. The number of alkyl carbamates (subject to hydrolysis) is 1. The summed E-state index contributed by atoms with van der Waals surface area (Å²) < 4.78 is 10.6. The number of carbonyl (C=O) groups excluding carboxylic acids is 2. The first-order valence-corrected chi connectivity index (χ1v) is 8.99. The number of hydrogen-bond acceptors (Lipinski definition) is 5. The van der Waals surface area contributed by atoms with Gasteiger partial charge in [0.25, 0.3) is 0 Å². The van der Waals surface area contributed by atoms with Gasteiger partial charge in [-0.2, -0.15) is 0 Å². The molecule has 1 aliphatic rings. The molecule has 1 aromatic rings. The topological polar surface area (TPSA) is 88.1 Å². The zero-order chi connectivity index (χ0) is 19.0. The van der Waals surface area contributed by atoms with Crippen molar-refractivity contribution in [2.45, 2.75) is 58.0 Å². The quantitative estimate of drug-likeness (QED) is 0.758. The van der Waals surface area contributed by atoms with Gasteiger partial charge in [-0.25, -0.2) is 9.59 Å². The van der Waals surface area contributed by atoms with E-state index in [0.29, 0.717) is 13.1 Å². The second-order valence-electron chi connectivity index (χ2n) is 7.10. The first kappa shape index (κ1) is 20.0. The average Bonchev–Trinajstić information content (AvgIpc) is 2.60. The van der Waals surface area contributed by atoms with Gasteiger partial charge in [-0.05, 0) is 38.7 Å². The molecule has 0 radical (unpaired) electrons. The molecule has 1 atom stereocenters. The average molecular weight is 364 g/mol. The Balaban J connectivity index is 1.73. The molecular weight excluding hydrogens is 336 g/mol. The molecule has 1 aliphatic heterocycles. The number of ether oxygens (including phenoxy) is 2. The normalized spacial score (nSPS) is 15.9. The van der Waals surface area contributed by atoms with Crippen LogP contribution >= 0.6 is 0 Å². The first-order chi connectivity index (χ1) is 12.4. The van der Waals surface area contributed by atoms with Crippen LogP contribution in [0.15, 0.2) is 30.3 Å². The number of carbonyl (C=O) groups is 2. The SMILES string of the molecule is CC(C)(CC(O)NC(=O)OCc1ccccc1)OC(=O)N1CCCCC1. The largest absolute Gasteiger partial charge is 0.445 e. The molecule has 144 valence electrons. The van der Waals surface area contributed by atoms with Crippen molar-refractivity contribution >= 4 is 12.2 Å². The number of nitrogens with zero attached hydrogens (tertiary/aromatic N) is 1. The fourth-order valence-corrected chi connectivity index (χ4v) is 2.84. The predicted molar refractivity (Wildman–Crippen MR) is 96.4 cm³/mol. The zero-order valence-corrected chi connectivity index (χ0v) is 15.4. The van der Waals surface area contributed by atoms with E-state index in [4.69, 9.17) is 9.47 Å². The van der Waals surface area contributed by atoms with E-state index < -0.39 is 17.9 Å². The summed E-state index contributed by atoms with van der Waals surface area (Å²) in [5.74, 6) is 0. The van der Waals surface area contributed by atoms with Crippen molar-refractivity contribution < 1.29 is 24.2 Å². The summed E-state index contributed by atoms with van der Waals surface area (Å²) in [6.07, 6.45) is 0.865. The van der Waals surface area contributed by atoms with Gasteiger partial charge in [-0.15, -0.1) is 0 Å². The van der Waals surface area contributed by atoms with Crippen LogP contribution in [0.3, 0.4) is 0 Å². The number of benzene rings is 1. The van der Waals surface area contributed by atoms with Crippen LogP contribution in [0, 0.1) is 0 Å². The number of amides is 2. The maximum Gasteiger partial charge on any atom is 0.410 e. The number of aliphatic hydroxyl groups excluding tert-OH is 1. The fourth-order valence-electron chi connectivity index (χ4n) is 2.84. The molecule has 0 bridgehead atoms. The molecule has 0 aliphatic carbocycles. The van der Waals surface area contributed by atoms with Gasteiger partial charge < -0.3 is 19.5 Å². The second kappa shape index (κ2) is 9.43. The van der Waals surface area contributed by atoms with Gasteiger partial charge in [0.05, 0.1) is 0 Å². The highest BCUT2D eigenvalue weighted by atomic mass is 16.6. The van der Waals surface area contributed by atoms with E-state index in [1.165, 1.54) is 0 Å². The lowest BCUT2D eigenvalue weighted by molar-refractivity contribution is -0.0257. The third-order valence-electron chi connectivity index (χ3n) is 4.16. The molecule has 1 saturated heterocycles. The molecule has 1 aromatic carbocycles. The van der Waals surface area contributed by atoms with Crippen LogP contribution in [0.4, 0.5) is 9.59 Å². The number of nitrogens with one attached hydrogen (secondary N) is 1. The van der Waals surface area contributed by atoms with E-state index >= 15 is 0 Å². The number of rotatable bonds is 6. The van der Waals surface area contributed by atoms with E-state index in [9.17, 15) is 14.7 Å². The van der Waals surface area contributed by atoms with Gasteiger partial charge in [-0.1, -0.05) is 30.3 Å². The summed E-state index contributed by atoms with van der Waals surface area (Å²) in [5, 5.41) is 12.4. The third kappa shape index (κ3) is 6.92. The Morgan fingerprint density at radius 1 is 1.19 bits per heavy atom. The van der Waals surface area contributed by atoms with Crippen molar-refractivity contribution in [1.82, 2.24) is 10.2 Å². The highest BCUT2D eigenvalue weighted by molar-refractivity contribution is 5.68. The monoisotopic (exact) mass is 364 g/mol. The van der Waals surface area contributed by atoms with Crippen LogP contribution in [0.2, 0.25) is 0 Å². The number of likely N-dealkylation sites (tertiary alicyclic amines) is 1. The molecule has 7 heteroatoms. The Kier molecular flexibility index (Phi) is 7.26. The van der Waals surface area contributed by atoms with Crippen LogP contribution in [-0.2, 0) is 16.1 Å². The van der Waals surface area contributed by atoms with E-state index in [1.807, 2.05) is 30.3 Å². The standard InChI is InChI=1S/C19H28N2O5/c1-19(2,26-18(24)21-11-7-4-8-12-21)13-16(22)20-17(23)25-14-15-9-5-3-6-10-15/h3,5-6,9-10,16,22H,4,7-8,11-14H2,1-2H3,(H,20,23). The Hall–Kier alpha value is -2.28. The van der Waals surface area contributed by atoms with E-state index in [1.54, 1.807) is 18.7 Å². The van der Waals surface area contributed by atoms with Crippen molar-refractivity contribution in [2.75, 3.05) is 13.1 Å². The minimum Gasteiger partial charge on any atom is -0.445 e. The van der Waals surface area contributed by atoms with Crippen molar-refractivity contribution in [3.63, 3.8) is 0 Å². The molecule has 1 heterocycles. The van der Waals surface area contributed by atoms with Crippen LogP contribution in [0.5, 0.6) is 0 Å². The van der Waals surface area contributed by atoms with Crippen molar-refractivity contribution in [1.29, 1.82) is 0 Å². The summed E-state index contributed by atoms with van der Waals surface area (Å²) in [6, 6.07) is 9.26. The zero-order valence-electron chi connectivity index (χ0n) is 15.4. The molecule has 2 amide bonds. The van der Waals surface area contributed by atoms with E-state index in [-0.39, 0.29) is 19.1 Å². The fraction of sp³-hybridized carbons (Fsp3) is 0.579. The number of piperidine rings is 1. The van der Waals surface area contributed by atoms with Gasteiger partial charge in [0, 0.05) is 19.5 Å². The van der Waals surface area contributed by atoms with Crippen LogP contribution in [0.25, 0.3) is 0 Å². The molecule has 1 unspecified atom stereocenters. The Labute approximate surface area is 154 Å².